The third-order valence-electron chi connectivity index (χ3n) is 4.31. The minimum absolute atomic E-state index is 0.226. The summed E-state index contributed by atoms with van der Waals surface area (Å²) in [6.07, 6.45) is 2.06. The Morgan fingerprint density at radius 3 is 2.77 bits per heavy atom. The Balaban J connectivity index is 1.62. The van der Waals surface area contributed by atoms with Crippen LogP contribution in [0.4, 0.5) is 0 Å². The number of hydrogen-bond donors (Lipinski definition) is 1. The van der Waals surface area contributed by atoms with Crippen LogP contribution in [0.1, 0.15) is 34.7 Å². The largest absolute Gasteiger partial charge is 0.493 e. The van der Waals surface area contributed by atoms with Crippen molar-refractivity contribution in [1.82, 2.24) is 15.1 Å². The highest BCUT2D eigenvalue weighted by Gasteiger charge is 2.12. The molecule has 1 N–H and O–H groups in total. The number of thiophene rings is 1. The van der Waals surface area contributed by atoms with Gasteiger partial charge in [-0.15, -0.1) is 11.3 Å². The maximum Gasteiger partial charge on any atom is 0.161 e. The lowest BCUT2D eigenvalue weighted by molar-refractivity contribution is 0.287. The molecule has 2 aromatic heterocycles. The molecular formula is C20H25N3O2S. The predicted octanol–water partition coefficient (Wildman–Crippen LogP) is 4.23. The van der Waals surface area contributed by atoms with Gasteiger partial charge in [0.1, 0.15) is 6.61 Å². The molecule has 26 heavy (non-hydrogen) atoms. The molecule has 0 fully saturated rings. The molecule has 1 atom stereocenters. The zero-order valence-electron chi connectivity index (χ0n) is 15.7. The molecule has 1 unspecified atom stereocenters. The van der Waals surface area contributed by atoms with Crippen molar-refractivity contribution in [3.05, 3.63) is 63.6 Å². The van der Waals surface area contributed by atoms with Gasteiger partial charge < -0.3 is 14.8 Å². The number of aryl methyl sites for hydroxylation is 2. The van der Waals surface area contributed by atoms with Gasteiger partial charge in [-0.2, -0.15) is 5.10 Å². The van der Waals surface area contributed by atoms with Crippen LogP contribution < -0.4 is 14.8 Å². The van der Waals surface area contributed by atoms with Crippen LogP contribution in [-0.4, -0.2) is 16.9 Å². The molecule has 1 aromatic carbocycles. The normalized spacial score (nSPS) is 12.2. The quantitative estimate of drug-likeness (QED) is 0.644. The van der Waals surface area contributed by atoms with E-state index in [-0.39, 0.29) is 6.04 Å². The summed E-state index contributed by atoms with van der Waals surface area (Å²) in [5.74, 6) is 1.52. The molecule has 138 valence electrons. The standard InChI is InChI=1S/C20H25N3O2S/c1-14(18-12-23(3)22-15(18)2)21-11-16-7-8-19(20(10-16)24-4)25-13-17-6-5-9-26-17/h5-10,12,14,21H,11,13H2,1-4H3. The SMILES string of the molecule is COc1cc(CNC(C)c2cn(C)nc2C)ccc1OCc1cccs1. The minimum atomic E-state index is 0.226. The second-order valence-electron chi connectivity index (χ2n) is 6.30. The van der Waals surface area contributed by atoms with Crippen molar-refractivity contribution in [3.8, 4) is 11.5 Å². The number of ether oxygens (including phenoxy) is 2. The summed E-state index contributed by atoms with van der Waals surface area (Å²) in [6.45, 7) is 5.50. The number of nitrogens with zero attached hydrogens (tertiary/aromatic N) is 2. The second-order valence-corrected chi connectivity index (χ2v) is 7.33. The Morgan fingerprint density at radius 1 is 1.27 bits per heavy atom. The molecule has 0 aliphatic rings. The molecule has 0 saturated carbocycles. The summed E-state index contributed by atoms with van der Waals surface area (Å²) in [5, 5.41) is 10.0. The van der Waals surface area contributed by atoms with Crippen LogP contribution >= 0.6 is 11.3 Å². The fourth-order valence-electron chi connectivity index (χ4n) is 2.91. The maximum absolute atomic E-state index is 5.89. The van der Waals surface area contributed by atoms with E-state index in [1.807, 2.05) is 36.9 Å². The lowest BCUT2D eigenvalue weighted by Crippen LogP contribution is -2.18. The van der Waals surface area contributed by atoms with Gasteiger partial charge >= 0.3 is 0 Å². The van der Waals surface area contributed by atoms with Gasteiger partial charge in [-0.1, -0.05) is 12.1 Å². The van der Waals surface area contributed by atoms with Gasteiger partial charge in [0.15, 0.2) is 11.5 Å². The van der Waals surface area contributed by atoms with Crippen LogP contribution in [0.3, 0.4) is 0 Å². The van der Waals surface area contributed by atoms with E-state index in [1.54, 1.807) is 18.4 Å². The van der Waals surface area contributed by atoms with Crippen molar-refractivity contribution in [2.75, 3.05) is 7.11 Å². The van der Waals surface area contributed by atoms with Crippen molar-refractivity contribution in [1.29, 1.82) is 0 Å². The summed E-state index contributed by atoms with van der Waals surface area (Å²) in [4.78, 5) is 1.19. The summed E-state index contributed by atoms with van der Waals surface area (Å²) in [6, 6.07) is 10.4. The first-order valence-electron chi connectivity index (χ1n) is 8.62. The van der Waals surface area contributed by atoms with Crippen LogP contribution in [0.5, 0.6) is 11.5 Å². The van der Waals surface area contributed by atoms with Crippen molar-refractivity contribution < 1.29 is 9.47 Å². The molecule has 5 nitrogen and oxygen atoms in total. The monoisotopic (exact) mass is 371 g/mol. The van der Waals surface area contributed by atoms with Gasteiger partial charge in [-0.3, -0.25) is 4.68 Å². The van der Waals surface area contributed by atoms with Crippen LogP contribution in [0.2, 0.25) is 0 Å². The van der Waals surface area contributed by atoms with E-state index in [9.17, 15) is 0 Å². The van der Waals surface area contributed by atoms with E-state index >= 15 is 0 Å². The average molecular weight is 372 g/mol. The number of rotatable bonds is 8. The van der Waals surface area contributed by atoms with Gasteiger partial charge in [0.2, 0.25) is 0 Å². The summed E-state index contributed by atoms with van der Waals surface area (Å²) in [5.41, 5.74) is 3.43. The minimum Gasteiger partial charge on any atom is -0.493 e. The Labute approximate surface area is 158 Å². The van der Waals surface area contributed by atoms with Gasteiger partial charge in [-0.05, 0) is 43.0 Å². The highest BCUT2D eigenvalue weighted by Crippen LogP contribution is 2.29. The van der Waals surface area contributed by atoms with E-state index in [1.165, 1.54) is 10.4 Å². The van der Waals surface area contributed by atoms with Crippen molar-refractivity contribution in [3.63, 3.8) is 0 Å². The molecule has 0 bridgehead atoms. The van der Waals surface area contributed by atoms with E-state index in [2.05, 4.69) is 41.0 Å². The Hall–Kier alpha value is -2.31. The lowest BCUT2D eigenvalue weighted by atomic mass is 10.1. The van der Waals surface area contributed by atoms with Crippen LogP contribution in [0.15, 0.2) is 41.9 Å². The molecule has 3 aromatic rings. The average Bonchev–Trinajstić information content (AvgIpc) is 3.27. The fraction of sp³-hybridized carbons (Fsp3) is 0.350. The van der Waals surface area contributed by atoms with Crippen LogP contribution in [0.25, 0.3) is 0 Å². The van der Waals surface area contributed by atoms with E-state index < -0.39 is 0 Å². The molecule has 3 rings (SSSR count). The zero-order valence-corrected chi connectivity index (χ0v) is 16.5. The summed E-state index contributed by atoms with van der Waals surface area (Å²) in [7, 11) is 3.62. The van der Waals surface area contributed by atoms with E-state index in [0.29, 0.717) is 6.61 Å². The van der Waals surface area contributed by atoms with Gasteiger partial charge in [0.25, 0.3) is 0 Å². The van der Waals surface area contributed by atoms with Crippen LogP contribution in [0, 0.1) is 6.92 Å². The van der Waals surface area contributed by atoms with Gasteiger partial charge in [-0.25, -0.2) is 0 Å². The van der Waals surface area contributed by atoms with Crippen LogP contribution in [-0.2, 0) is 20.2 Å². The Bertz CT molecular complexity index is 843. The summed E-state index contributed by atoms with van der Waals surface area (Å²) >= 11 is 1.69. The number of aromatic nitrogens is 2. The number of methoxy groups -OCH3 is 1. The first kappa shape index (κ1) is 18.5. The second kappa shape index (κ2) is 8.38. The molecule has 0 saturated heterocycles. The molecule has 0 spiro atoms. The first-order valence-corrected chi connectivity index (χ1v) is 9.50. The highest BCUT2D eigenvalue weighted by atomic mass is 32.1. The molecular weight excluding hydrogens is 346 g/mol. The van der Waals surface area contributed by atoms with Gasteiger partial charge in [0, 0.05) is 36.3 Å². The molecule has 0 aliphatic carbocycles. The smallest absolute Gasteiger partial charge is 0.161 e. The third-order valence-corrected chi connectivity index (χ3v) is 5.16. The first-order chi connectivity index (χ1) is 12.6. The maximum atomic E-state index is 5.89. The zero-order chi connectivity index (χ0) is 18.5. The fourth-order valence-corrected chi connectivity index (χ4v) is 3.52. The Morgan fingerprint density at radius 2 is 2.12 bits per heavy atom. The predicted molar refractivity (Wildman–Crippen MR) is 105 cm³/mol. The lowest BCUT2D eigenvalue weighted by Gasteiger charge is -2.15. The van der Waals surface area contributed by atoms with E-state index in [4.69, 9.17) is 9.47 Å². The van der Waals surface area contributed by atoms with Gasteiger partial charge in [0.05, 0.1) is 12.8 Å². The molecule has 6 heteroatoms. The molecule has 2 heterocycles. The number of hydrogen-bond acceptors (Lipinski definition) is 5. The van der Waals surface area contributed by atoms with Crippen molar-refractivity contribution in [2.45, 2.75) is 33.0 Å². The Kier molecular flexibility index (Phi) is 5.96. The molecule has 0 radical (unpaired) electrons. The molecule has 0 amide bonds. The topological polar surface area (TPSA) is 48.3 Å². The van der Waals surface area contributed by atoms with E-state index in [0.717, 1.165) is 29.3 Å². The third kappa shape index (κ3) is 4.45. The molecule has 0 aliphatic heterocycles. The van der Waals surface area contributed by atoms with Crippen molar-refractivity contribution >= 4 is 11.3 Å². The summed E-state index contributed by atoms with van der Waals surface area (Å²) < 4.78 is 13.3. The highest BCUT2D eigenvalue weighted by molar-refractivity contribution is 7.09. The van der Waals surface area contributed by atoms with Crippen molar-refractivity contribution in [2.24, 2.45) is 7.05 Å². The number of benzene rings is 1. The number of nitrogens with one attached hydrogen (secondary N) is 1.